The van der Waals surface area contributed by atoms with Gasteiger partial charge in [-0.1, -0.05) is 36.5 Å². The summed E-state index contributed by atoms with van der Waals surface area (Å²) in [5.74, 6) is 9.63. The predicted octanol–water partition coefficient (Wildman–Crippen LogP) is 7.12. The second kappa shape index (κ2) is 9.05. The van der Waals surface area contributed by atoms with E-state index in [1.165, 1.54) is 11.1 Å². The lowest BCUT2D eigenvalue weighted by atomic mass is 9.46. The highest BCUT2D eigenvalue weighted by Gasteiger charge is 2.64. The first-order valence-corrected chi connectivity index (χ1v) is 14.3. The van der Waals surface area contributed by atoms with Crippen LogP contribution in [0.15, 0.2) is 35.9 Å². The minimum Gasteiger partial charge on any atom is -0.383 e. The molecule has 3 heteroatoms. The molecule has 0 heterocycles. The number of aliphatic hydroxyl groups is 1. The average Bonchev–Trinajstić information content (AvgIpc) is 3.07. The topological polar surface area (TPSA) is 49.3 Å². The Hall–Kier alpha value is -2.05. The van der Waals surface area contributed by atoms with Gasteiger partial charge in [0.15, 0.2) is 5.78 Å². The zero-order valence-corrected chi connectivity index (χ0v) is 23.2. The number of benzene rings is 1. The Bertz CT molecular complexity index is 1100. The van der Waals surface area contributed by atoms with Gasteiger partial charge in [0, 0.05) is 29.0 Å². The van der Waals surface area contributed by atoms with Crippen molar-refractivity contribution in [1.82, 2.24) is 0 Å². The van der Waals surface area contributed by atoms with Crippen LogP contribution in [0.5, 0.6) is 0 Å². The molecular formula is C33H45NO2. The number of nitrogens with one attached hydrogen (secondary N) is 1. The molecule has 1 aromatic rings. The number of fused-ring (bicyclic) bond motifs is 5. The summed E-state index contributed by atoms with van der Waals surface area (Å²) in [6, 6.07) is 9.48. The maximum Gasteiger partial charge on any atom is 0.155 e. The lowest BCUT2D eigenvalue weighted by Gasteiger charge is -2.58. The van der Waals surface area contributed by atoms with Crippen molar-refractivity contribution in [3.63, 3.8) is 0 Å². The number of rotatable bonds is 3. The molecule has 194 valence electrons. The van der Waals surface area contributed by atoms with Gasteiger partial charge in [0.25, 0.3) is 0 Å². The molecule has 0 bridgehead atoms. The van der Waals surface area contributed by atoms with Crippen molar-refractivity contribution >= 4 is 11.5 Å². The molecule has 0 spiro atoms. The second-order valence-electron chi connectivity index (χ2n) is 13.8. The molecule has 5 rings (SSSR count). The van der Waals surface area contributed by atoms with Crippen molar-refractivity contribution < 1.29 is 9.90 Å². The van der Waals surface area contributed by atoms with Crippen LogP contribution in [0.1, 0.15) is 98.0 Å². The summed E-state index contributed by atoms with van der Waals surface area (Å²) in [5.41, 5.74) is 2.66. The van der Waals surface area contributed by atoms with E-state index in [2.05, 4.69) is 83.0 Å². The Kier molecular flexibility index (Phi) is 6.44. The fraction of sp³-hybridized carbons (Fsp3) is 0.667. The molecule has 4 aliphatic rings. The number of anilines is 1. The molecule has 3 saturated carbocycles. The van der Waals surface area contributed by atoms with Gasteiger partial charge in [-0.25, -0.2) is 0 Å². The summed E-state index contributed by atoms with van der Waals surface area (Å²) in [6.45, 7) is 13.1. The molecule has 1 aromatic carbocycles. The minimum atomic E-state index is -0.939. The second-order valence-corrected chi connectivity index (χ2v) is 13.8. The van der Waals surface area contributed by atoms with E-state index in [4.69, 9.17) is 0 Å². The zero-order valence-electron chi connectivity index (χ0n) is 23.2. The highest BCUT2D eigenvalue weighted by atomic mass is 16.3. The zero-order chi connectivity index (χ0) is 25.9. The summed E-state index contributed by atoms with van der Waals surface area (Å²) < 4.78 is 0. The largest absolute Gasteiger partial charge is 0.383 e. The van der Waals surface area contributed by atoms with Crippen LogP contribution in [0.4, 0.5) is 5.69 Å². The fourth-order valence-electron chi connectivity index (χ4n) is 8.31. The highest BCUT2D eigenvalue weighted by Crippen LogP contribution is 2.68. The normalized spacial score (nSPS) is 37.8. The molecule has 3 nitrogen and oxygen atoms in total. The van der Waals surface area contributed by atoms with Crippen molar-refractivity contribution in [2.24, 2.45) is 34.5 Å². The molecule has 0 amide bonds. The summed E-state index contributed by atoms with van der Waals surface area (Å²) in [6.07, 6.45) is 8.63. The van der Waals surface area contributed by atoms with Crippen LogP contribution in [0.3, 0.4) is 0 Å². The van der Waals surface area contributed by atoms with Crippen molar-refractivity contribution in [2.75, 3.05) is 5.32 Å². The number of hydrogen-bond donors (Lipinski definition) is 2. The fourth-order valence-corrected chi connectivity index (χ4v) is 8.31. The van der Waals surface area contributed by atoms with Gasteiger partial charge in [0.05, 0.1) is 0 Å². The lowest BCUT2D eigenvalue weighted by Crippen LogP contribution is -2.54. The standard InChI is InChI=1S/C33H45NO2/c1-21(2)34-24-10-7-22(8-11-24)28-20-32(6)29(15-16-33(32,36)18-17-31(3,4)5)27-13-9-23-19-25(35)12-14-26(23)30(27)28/h7-8,10-11,19,21,26-30,34,36H,9,12-16,20H2,1-6H3/t26-,27-,28+,29-,30+,32-,33+/m0/s1. The van der Waals surface area contributed by atoms with Gasteiger partial charge in [-0.3, -0.25) is 4.79 Å². The number of carbonyl (C=O) groups excluding carboxylic acids is 1. The Labute approximate surface area is 218 Å². The molecule has 0 saturated heterocycles. The van der Waals surface area contributed by atoms with Crippen LogP contribution in [0.25, 0.3) is 0 Å². The van der Waals surface area contributed by atoms with Crippen molar-refractivity contribution in [3.05, 3.63) is 41.5 Å². The van der Waals surface area contributed by atoms with E-state index >= 15 is 0 Å². The molecule has 36 heavy (non-hydrogen) atoms. The smallest absolute Gasteiger partial charge is 0.155 e. The predicted molar refractivity (Wildman–Crippen MR) is 148 cm³/mol. The quantitative estimate of drug-likeness (QED) is 0.446. The first kappa shape index (κ1) is 25.6. The average molecular weight is 488 g/mol. The highest BCUT2D eigenvalue weighted by molar-refractivity contribution is 5.91. The van der Waals surface area contributed by atoms with E-state index in [0.29, 0.717) is 47.8 Å². The van der Waals surface area contributed by atoms with Crippen LogP contribution >= 0.6 is 0 Å². The van der Waals surface area contributed by atoms with E-state index in [-0.39, 0.29) is 10.8 Å². The molecule has 2 N–H and O–H groups in total. The van der Waals surface area contributed by atoms with E-state index < -0.39 is 5.60 Å². The first-order valence-electron chi connectivity index (χ1n) is 14.3. The summed E-state index contributed by atoms with van der Waals surface area (Å²) >= 11 is 0. The number of allylic oxidation sites excluding steroid dienone is 1. The Balaban J connectivity index is 1.57. The molecule has 0 aromatic heterocycles. The molecule has 7 atom stereocenters. The van der Waals surface area contributed by atoms with Gasteiger partial charge in [-0.2, -0.15) is 0 Å². The summed E-state index contributed by atoms with van der Waals surface area (Å²) in [7, 11) is 0. The molecule has 4 aliphatic carbocycles. The summed E-state index contributed by atoms with van der Waals surface area (Å²) in [4.78, 5) is 12.3. The number of ketones is 1. The van der Waals surface area contributed by atoms with Crippen LogP contribution in [0.2, 0.25) is 0 Å². The Morgan fingerprint density at radius 2 is 1.78 bits per heavy atom. The Morgan fingerprint density at radius 1 is 1.06 bits per heavy atom. The van der Waals surface area contributed by atoms with Gasteiger partial charge in [0.2, 0.25) is 0 Å². The lowest BCUT2D eigenvalue weighted by molar-refractivity contribution is -0.117. The third-order valence-corrected chi connectivity index (χ3v) is 9.89. The van der Waals surface area contributed by atoms with Crippen molar-refractivity contribution in [3.8, 4) is 11.8 Å². The number of hydrogen-bond acceptors (Lipinski definition) is 3. The van der Waals surface area contributed by atoms with Crippen LogP contribution < -0.4 is 5.32 Å². The monoisotopic (exact) mass is 487 g/mol. The van der Waals surface area contributed by atoms with Crippen molar-refractivity contribution in [1.29, 1.82) is 0 Å². The van der Waals surface area contributed by atoms with Crippen LogP contribution in [-0.2, 0) is 4.79 Å². The number of carbonyl (C=O) groups is 1. The van der Waals surface area contributed by atoms with Gasteiger partial charge in [-0.05, 0) is 127 Å². The maximum atomic E-state index is 12.3. The minimum absolute atomic E-state index is 0.126. The van der Waals surface area contributed by atoms with Gasteiger partial charge < -0.3 is 10.4 Å². The van der Waals surface area contributed by atoms with E-state index in [1.807, 2.05) is 6.08 Å². The van der Waals surface area contributed by atoms with Crippen LogP contribution in [0, 0.1) is 46.3 Å². The van der Waals surface area contributed by atoms with E-state index in [9.17, 15) is 9.90 Å². The SMILES string of the molecule is CC(C)Nc1ccc([C@H]2C[C@@]3(C)[C@@H](CC[C@@]3(O)C#CC(C)(C)C)[C@@H]3CCC4=CC(=O)CC[C@@H]4[C@H]32)cc1. The van der Waals surface area contributed by atoms with Crippen LogP contribution in [-0.4, -0.2) is 22.5 Å². The van der Waals surface area contributed by atoms with Gasteiger partial charge >= 0.3 is 0 Å². The van der Waals surface area contributed by atoms with E-state index in [1.54, 1.807) is 0 Å². The van der Waals surface area contributed by atoms with Gasteiger partial charge in [0.1, 0.15) is 5.60 Å². The first-order chi connectivity index (χ1) is 16.9. The van der Waals surface area contributed by atoms with Crippen molar-refractivity contribution in [2.45, 2.75) is 104 Å². The third-order valence-electron chi connectivity index (χ3n) is 9.89. The molecule has 0 radical (unpaired) electrons. The molecule has 0 aliphatic heterocycles. The summed E-state index contributed by atoms with van der Waals surface area (Å²) in [5, 5.41) is 15.7. The molecular weight excluding hydrogens is 442 g/mol. The maximum absolute atomic E-state index is 12.3. The third kappa shape index (κ3) is 4.45. The van der Waals surface area contributed by atoms with E-state index in [0.717, 1.165) is 44.2 Å². The Morgan fingerprint density at radius 3 is 2.44 bits per heavy atom. The molecule has 3 fully saturated rings. The molecule has 0 unspecified atom stereocenters. The van der Waals surface area contributed by atoms with Gasteiger partial charge in [-0.15, -0.1) is 0 Å².